The van der Waals surface area contributed by atoms with Gasteiger partial charge in [0.25, 0.3) is 0 Å². The third kappa shape index (κ3) is 1.57. The minimum atomic E-state index is -0.0738. The topological polar surface area (TPSA) is 34.1 Å². The van der Waals surface area contributed by atoms with Crippen molar-refractivity contribution in [3.63, 3.8) is 0 Å². The van der Waals surface area contributed by atoms with Crippen LogP contribution in [0.25, 0.3) is 0 Å². The second-order valence-corrected chi connectivity index (χ2v) is 5.55. The second-order valence-electron chi connectivity index (χ2n) is 5.55. The zero-order valence-electron chi connectivity index (χ0n) is 10.4. The fraction of sp³-hybridized carbons (Fsp3) is 0.571. The van der Waals surface area contributed by atoms with Crippen LogP contribution in [0, 0.1) is 12.3 Å². The van der Waals surface area contributed by atoms with Gasteiger partial charge >= 0.3 is 0 Å². The molecule has 86 valence electrons. The Morgan fingerprint density at radius 3 is 2.25 bits per heavy atom. The van der Waals surface area contributed by atoms with E-state index in [4.69, 9.17) is 0 Å². The summed E-state index contributed by atoms with van der Waals surface area (Å²) in [7, 11) is 0. The first-order valence-corrected chi connectivity index (χ1v) is 5.87. The van der Waals surface area contributed by atoms with Gasteiger partial charge in [-0.1, -0.05) is 19.4 Å². The molecule has 16 heavy (non-hydrogen) atoms. The van der Waals surface area contributed by atoms with E-state index in [2.05, 4.69) is 13.8 Å². The summed E-state index contributed by atoms with van der Waals surface area (Å²) in [5.74, 6) is -0.00954. The van der Waals surface area contributed by atoms with E-state index in [0.717, 1.165) is 24.8 Å². The van der Waals surface area contributed by atoms with Gasteiger partial charge in [-0.25, -0.2) is 0 Å². The molecule has 0 heterocycles. The van der Waals surface area contributed by atoms with Gasteiger partial charge in [-0.15, -0.1) is 0 Å². The van der Waals surface area contributed by atoms with Crippen molar-refractivity contribution in [3.8, 4) is 0 Å². The summed E-state index contributed by atoms with van der Waals surface area (Å²) >= 11 is 0. The Kier molecular flexibility index (Phi) is 2.41. The van der Waals surface area contributed by atoms with E-state index in [9.17, 15) is 9.59 Å². The van der Waals surface area contributed by atoms with Crippen molar-refractivity contribution < 1.29 is 4.79 Å². The highest BCUT2D eigenvalue weighted by Crippen LogP contribution is 2.41. The van der Waals surface area contributed by atoms with Crippen LogP contribution in [-0.2, 0) is 0 Å². The summed E-state index contributed by atoms with van der Waals surface area (Å²) in [5.41, 5.74) is 3.05. The summed E-state index contributed by atoms with van der Waals surface area (Å²) < 4.78 is 0. The van der Waals surface area contributed by atoms with E-state index in [0.29, 0.717) is 11.1 Å². The molecule has 0 fully saturated rings. The molecule has 0 aliphatic heterocycles. The van der Waals surface area contributed by atoms with Gasteiger partial charge in [-0.3, -0.25) is 9.59 Å². The predicted molar refractivity (Wildman–Crippen MR) is 64.5 cm³/mol. The van der Waals surface area contributed by atoms with Crippen LogP contribution in [0.3, 0.4) is 0 Å². The molecule has 1 aromatic carbocycles. The van der Waals surface area contributed by atoms with E-state index in [-0.39, 0.29) is 16.6 Å². The minimum absolute atomic E-state index is 0.00954. The van der Waals surface area contributed by atoms with Crippen LogP contribution in [0.4, 0.5) is 0 Å². The first kappa shape index (κ1) is 11.3. The molecular formula is C14H18O2. The number of hydrogen-bond acceptors (Lipinski definition) is 2. The molecule has 1 aliphatic carbocycles. The average Bonchev–Trinajstić information content (AvgIpc) is 2.72. The molecule has 0 radical (unpaired) electrons. The minimum Gasteiger partial charge on any atom is -0.289 e. The second kappa shape index (κ2) is 3.41. The summed E-state index contributed by atoms with van der Waals surface area (Å²) in [4.78, 5) is 23.6. The molecule has 2 heteroatoms. The quantitative estimate of drug-likeness (QED) is 0.715. The Balaban J connectivity index is 2.43. The lowest BCUT2D eigenvalue weighted by Gasteiger charge is -2.33. The third-order valence-corrected chi connectivity index (χ3v) is 3.79. The molecular weight excluding hydrogens is 200 g/mol. The third-order valence-electron chi connectivity index (χ3n) is 3.79. The Hall–Kier alpha value is -1.18. The molecule has 0 unspecified atom stereocenters. The summed E-state index contributed by atoms with van der Waals surface area (Å²) in [6.45, 7) is 7.97. The lowest BCUT2D eigenvalue weighted by molar-refractivity contribution is 0.100. The van der Waals surface area contributed by atoms with Crippen molar-refractivity contribution in [1.29, 1.82) is 0 Å². The first-order chi connectivity index (χ1) is 7.36. The molecule has 2 rings (SSSR count). The van der Waals surface area contributed by atoms with E-state index in [1.807, 2.05) is 6.92 Å². The summed E-state index contributed by atoms with van der Waals surface area (Å²) in [6.07, 6.45) is 3.17. The van der Waals surface area contributed by atoms with Gasteiger partial charge in [0.05, 0.1) is 5.56 Å². The molecule has 0 aromatic heterocycles. The Morgan fingerprint density at radius 1 is 1.25 bits per heavy atom. The molecule has 1 aliphatic rings. The van der Waals surface area contributed by atoms with Crippen LogP contribution in [0.1, 0.15) is 56.0 Å². The predicted octanol–water partition coefficient (Wildman–Crippen LogP) is 2.94. The SMILES string of the molecule is CC1=C(C(=O)c2c(C)c2=O)C(C)(C)CCC1. The zero-order valence-corrected chi connectivity index (χ0v) is 10.4. The molecule has 0 atom stereocenters. The molecule has 2 nitrogen and oxygen atoms in total. The van der Waals surface area contributed by atoms with Crippen LogP contribution >= 0.6 is 0 Å². The van der Waals surface area contributed by atoms with Gasteiger partial charge in [-0.2, -0.15) is 0 Å². The number of ketones is 1. The average molecular weight is 218 g/mol. The van der Waals surface area contributed by atoms with Crippen molar-refractivity contribution in [2.24, 2.45) is 5.41 Å². The van der Waals surface area contributed by atoms with Crippen molar-refractivity contribution >= 4 is 5.78 Å². The first-order valence-electron chi connectivity index (χ1n) is 5.87. The van der Waals surface area contributed by atoms with Gasteiger partial charge in [-0.05, 0) is 38.5 Å². The monoisotopic (exact) mass is 218 g/mol. The lowest BCUT2D eigenvalue weighted by Crippen LogP contribution is -2.26. The lowest BCUT2D eigenvalue weighted by atomic mass is 9.71. The van der Waals surface area contributed by atoms with E-state index < -0.39 is 0 Å². The largest absolute Gasteiger partial charge is 0.289 e. The summed E-state index contributed by atoms with van der Waals surface area (Å²) in [5, 5.41) is 0. The standard InChI is InChI=1S/C14H18O2/c1-8-6-5-7-14(3,4)11(8)13(16)10-9(2)12(10)15/h5-7H2,1-4H3. The van der Waals surface area contributed by atoms with Gasteiger partial charge in [0.15, 0.2) is 11.2 Å². The van der Waals surface area contributed by atoms with Crippen LogP contribution in [-0.4, -0.2) is 5.78 Å². The van der Waals surface area contributed by atoms with Crippen molar-refractivity contribution in [3.05, 3.63) is 32.5 Å². The van der Waals surface area contributed by atoms with E-state index in [1.54, 1.807) is 6.92 Å². The van der Waals surface area contributed by atoms with Crippen LogP contribution in [0.5, 0.6) is 0 Å². The maximum atomic E-state index is 12.3. The van der Waals surface area contributed by atoms with Crippen molar-refractivity contribution in [1.82, 2.24) is 0 Å². The Bertz CT molecular complexity index is 494. The highest BCUT2D eigenvalue weighted by molar-refractivity contribution is 6.13. The van der Waals surface area contributed by atoms with E-state index >= 15 is 0 Å². The molecule has 0 saturated heterocycles. The number of Topliss-reactive ketones (excluding diaryl/α,β-unsaturated/α-hetero) is 1. The Morgan fingerprint density at radius 2 is 1.81 bits per heavy atom. The summed E-state index contributed by atoms with van der Waals surface area (Å²) in [6, 6.07) is 0. The molecule has 1 aromatic rings. The van der Waals surface area contributed by atoms with Crippen LogP contribution in [0.2, 0.25) is 0 Å². The highest BCUT2D eigenvalue weighted by atomic mass is 16.1. The molecule has 0 amide bonds. The maximum absolute atomic E-state index is 12.3. The number of rotatable bonds is 2. The van der Waals surface area contributed by atoms with Gasteiger partial charge in [0.2, 0.25) is 0 Å². The maximum Gasteiger partial charge on any atom is 0.193 e. The van der Waals surface area contributed by atoms with Crippen molar-refractivity contribution in [2.45, 2.75) is 47.0 Å². The molecule has 0 N–H and O–H groups in total. The van der Waals surface area contributed by atoms with Gasteiger partial charge in [0, 0.05) is 11.1 Å². The van der Waals surface area contributed by atoms with Crippen LogP contribution < -0.4 is 5.43 Å². The fourth-order valence-electron chi connectivity index (χ4n) is 2.78. The smallest absolute Gasteiger partial charge is 0.193 e. The molecule has 0 bridgehead atoms. The van der Waals surface area contributed by atoms with Crippen LogP contribution in [0.15, 0.2) is 15.9 Å². The van der Waals surface area contributed by atoms with Gasteiger partial charge < -0.3 is 0 Å². The van der Waals surface area contributed by atoms with Crippen molar-refractivity contribution in [2.75, 3.05) is 0 Å². The number of carbonyl (C=O) groups is 1. The fourth-order valence-corrected chi connectivity index (χ4v) is 2.78. The normalized spacial score (nSPS) is 20.5. The molecule has 0 saturated carbocycles. The van der Waals surface area contributed by atoms with Gasteiger partial charge in [0.1, 0.15) is 0 Å². The number of allylic oxidation sites excluding steroid dienone is 2. The number of carbonyl (C=O) groups excluding carboxylic acids is 1. The van der Waals surface area contributed by atoms with E-state index in [1.165, 1.54) is 5.57 Å². The zero-order chi connectivity index (χ0) is 12.1. The number of hydrogen-bond donors (Lipinski definition) is 0. The molecule has 0 spiro atoms. The highest BCUT2D eigenvalue weighted by Gasteiger charge is 2.37. The Labute approximate surface area is 96.0 Å².